The third-order valence-electron chi connectivity index (χ3n) is 3.13. The largest absolute Gasteiger partial charge is 0.402 e. The fraction of sp³-hybridized carbons (Fsp3) is 0.375. The number of esters is 1. The second kappa shape index (κ2) is 5.00. The summed E-state index contributed by atoms with van der Waals surface area (Å²) >= 11 is 0. The first-order chi connectivity index (χ1) is 8.91. The van der Waals surface area contributed by atoms with Crippen molar-refractivity contribution in [3.63, 3.8) is 0 Å². The Balaban J connectivity index is 2.30. The maximum absolute atomic E-state index is 11.5. The van der Waals surface area contributed by atoms with Crippen molar-refractivity contribution in [3.8, 4) is 0 Å². The topological polar surface area (TPSA) is 38.7 Å². The van der Waals surface area contributed by atoms with Gasteiger partial charge in [0.15, 0.2) is 0 Å². The molecule has 0 unspecified atom stereocenters. The molecule has 0 fully saturated rings. The van der Waals surface area contributed by atoms with Crippen LogP contribution < -0.4 is 0 Å². The van der Waals surface area contributed by atoms with Gasteiger partial charge in [0.2, 0.25) is 5.90 Å². The van der Waals surface area contributed by atoms with Gasteiger partial charge in [0.25, 0.3) is 0 Å². The average Bonchev–Trinajstić information content (AvgIpc) is 2.57. The van der Waals surface area contributed by atoms with E-state index in [1.807, 2.05) is 6.08 Å². The number of nitrogens with zero attached hydrogens (tertiary/aromatic N) is 1. The smallest absolute Gasteiger partial charge is 0.363 e. The average molecular weight is 257 g/mol. The Morgan fingerprint density at radius 1 is 1.32 bits per heavy atom. The van der Waals surface area contributed by atoms with Crippen molar-refractivity contribution in [2.24, 2.45) is 10.4 Å². The van der Waals surface area contributed by atoms with Crippen LogP contribution in [-0.2, 0) is 9.53 Å². The standard InChI is InChI=1S/C16H19NO2/c1-5-13-15(18)19-14(17-13)11-7-6-8-12(10-9-11)16(2,3)4/h5-6,8-10H,7H2,1-4H3/b13-5+. The van der Waals surface area contributed by atoms with Crippen LogP contribution in [0.1, 0.15) is 34.1 Å². The molecular weight excluding hydrogens is 238 g/mol. The van der Waals surface area contributed by atoms with Crippen LogP contribution in [0, 0.1) is 5.41 Å². The zero-order valence-corrected chi connectivity index (χ0v) is 11.9. The third kappa shape index (κ3) is 2.92. The van der Waals surface area contributed by atoms with Gasteiger partial charge < -0.3 is 4.74 Å². The molecule has 0 amide bonds. The molecule has 2 rings (SSSR count). The summed E-state index contributed by atoms with van der Waals surface area (Å²) in [5.74, 6) is 0.0563. The van der Waals surface area contributed by atoms with E-state index in [1.165, 1.54) is 5.57 Å². The summed E-state index contributed by atoms with van der Waals surface area (Å²) in [5.41, 5.74) is 2.66. The van der Waals surface area contributed by atoms with Crippen LogP contribution in [0.15, 0.2) is 52.2 Å². The van der Waals surface area contributed by atoms with Gasteiger partial charge in [-0.3, -0.25) is 0 Å². The van der Waals surface area contributed by atoms with Gasteiger partial charge in [-0.25, -0.2) is 9.79 Å². The Kier molecular flexibility index (Phi) is 3.56. The van der Waals surface area contributed by atoms with Gasteiger partial charge in [-0.2, -0.15) is 0 Å². The molecule has 0 aromatic heterocycles. The van der Waals surface area contributed by atoms with Crippen molar-refractivity contribution < 1.29 is 9.53 Å². The molecule has 3 heteroatoms. The van der Waals surface area contributed by atoms with Crippen molar-refractivity contribution in [2.75, 3.05) is 0 Å². The van der Waals surface area contributed by atoms with Gasteiger partial charge in [0.1, 0.15) is 5.70 Å². The minimum atomic E-state index is -0.369. The van der Waals surface area contributed by atoms with Crippen LogP contribution in [0.25, 0.3) is 0 Å². The first kappa shape index (κ1) is 13.5. The summed E-state index contributed by atoms with van der Waals surface area (Å²) in [7, 11) is 0. The van der Waals surface area contributed by atoms with Crippen molar-refractivity contribution in [1.82, 2.24) is 0 Å². The van der Waals surface area contributed by atoms with Crippen LogP contribution in [0.4, 0.5) is 0 Å². The molecule has 3 nitrogen and oxygen atoms in total. The number of carbonyl (C=O) groups excluding carboxylic acids is 1. The maximum atomic E-state index is 11.5. The van der Waals surface area contributed by atoms with Crippen LogP contribution in [0.2, 0.25) is 0 Å². The quantitative estimate of drug-likeness (QED) is 0.530. The van der Waals surface area contributed by atoms with E-state index >= 15 is 0 Å². The molecule has 0 aromatic rings. The molecule has 2 aliphatic rings. The molecule has 1 aliphatic heterocycles. The number of hydrogen-bond donors (Lipinski definition) is 0. The summed E-state index contributed by atoms with van der Waals surface area (Å²) in [6, 6.07) is 0. The van der Waals surface area contributed by atoms with Crippen LogP contribution >= 0.6 is 0 Å². The lowest BCUT2D eigenvalue weighted by atomic mass is 9.86. The molecular formula is C16H19NO2. The van der Waals surface area contributed by atoms with E-state index in [-0.39, 0.29) is 11.4 Å². The number of cyclic esters (lactones) is 1. The molecule has 0 N–H and O–H groups in total. The highest BCUT2D eigenvalue weighted by molar-refractivity contribution is 6.11. The third-order valence-corrected chi connectivity index (χ3v) is 3.13. The minimum Gasteiger partial charge on any atom is -0.402 e. The molecule has 0 radical (unpaired) electrons. The monoisotopic (exact) mass is 257 g/mol. The summed E-state index contributed by atoms with van der Waals surface area (Å²) in [6.45, 7) is 8.30. The molecule has 0 saturated carbocycles. The van der Waals surface area contributed by atoms with E-state index in [2.05, 4.69) is 44.0 Å². The molecule has 0 atom stereocenters. The van der Waals surface area contributed by atoms with Crippen molar-refractivity contribution in [3.05, 3.63) is 47.2 Å². The van der Waals surface area contributed by atoms with Crippen LogP contribution in [0.5, 0.6) is 0 Å². The van der Waals surface area contributed by atoms with E-state index < -0.39 is 0 Å². The number of rotatable bonds is 1. The Bertz CT molecular complexity index is 552. The Morgan fingerprint density at radius 3 is 2.63 bits per heavy atom. The number of aliphatic imine (C=N–C) groups is 1. The fourth-order valence-electron chi connectivity index (χ4n) is 1.92. The van der Waals surface area contributed by atoms with Crippen molar-refractivity contribution in [1.29, 1.82) is 0 Å². The summed E-state index contributed by atoms with van der Waals surface area (Å²) < 4.78 is 5.19. The van der Waals surface area contributed by atoms with Gasteiger partial charge in [-0.15, -0.1) is 0 Å². The van der Waals surface area contributed by atoms with E-state index in [0.717, 1.165) is 12.0 Å². The lowest BCUT2D eigenvalue weighted by Crippen LogP contribution is -2.07. The molecule has 1 heterocycles. The molecule has 0 saturated heterocycles. The Labute approximate surface area is 114 Å². The lowest BCUT2D eigenvalue weighted by molar-refractivity contribution is -0.130. The van der Waals surface area contributed by atoms with E-state index in [0.29, 0.717) is 11.6 Å². The zero-order chi connectivity index (χ0) is 14.0. The molecule has 0 spiro atoms. The van der Waals surface area contributed by atoms with Crippen LogP contribution in [0.3, 0.4) is 0 Å². The highest BCUT2D eigenvalue weighted by Crippen LogP contribution is 2.29. The Hall–Kier alpha value is -1.90. The van der Waals surface area contributed by atoms with Crippen molar-refractivity contribution >= 4 is 11.9 Å². The van der Waals surface area contributed by atoms with E-state index in [1.54, 1.807) is 13.0 Å². The maximum Gasteiger partial charge on any atom is 0.363 e. The number of ether oxygens (including phenoxy) is 1. The minimum absolute atomic E-state index is 0.102. The van der Waals surface area contributed by atoms with Gasteiger partial charge in [-0.1, -0.05) is 51.2 Å². The van der Waals surface area contributed by atoms with Gasteiger partial charge in [-0.05, 0) is 24.3 Å². The molecule has 0 bridgehead atoms. The van der Waals surface area contributed by atoms with E-state index in [9.17, 15) is 4.79 Å². The van der Waals surface area contributed by atoms with Gasteiger partial charge >= 0.3 is 5.97 Å². The summed E-state index contributed by atoms with van der Waals surface area (Å²) in [5, 5.41) is 0. The first-order valence-electron chi connectivity index (χ1n) is 6.47. The lowest BCUT2D eigenvalue weighted by Gasteiger charge is -2.19. The molecule has 1 aliphatic carbocycles. The highest BCUT2D eigenvalue weighted by atomic mass is 16.6. The first-order valence-corrected chi connectivity index (χ1v) is 6.47. The number of hydrogen-bond acceptors (Lipinski definition) is 3. The highest BCUT2D eigenvalue weighted by Gasteiger charge is 2.25. The zero-order valence-electron chi connectivity index (χ0n) is 11.9. The van der Waals surface area contributed by atoms with Gasteiger partial charge in [0, 0.05) is 5.57 Å². The normalized spacial score (nSPS) is 21.8. The second-order valence-electron chi connectivity index (χ2n) is 5.65. The van der Waals surface area contributed by atoms with Gasteiger partial charge in [0.05, 0.1) is 0 Å². The molecule has 100 valence electrons. The summed E-state index contributed by atoms with van der Waals surface area (Å²) in [6.07, 6.45) is 10.7. The predicted octanol–water partition coefficient (Wildman–Crippen LogP) is 3.70. The molecule has 0 aromatic carbocycles. The summed E-state index contributed by atoms with van der Waals surface area (Å²) in [4.78, 5) is 15.7. The second-order valence-corrected chi connectivity index (χ2v) is 5.65. The Morgan fingerprint density at radius 2 is 2.05 bits per heavy atom. The number of allylic oxidation sites excluding steroid dienone is 6. The van der Waals surface area contributed by atoms with Crippen LogP contribution in [-0.4, -0.2) is 11.9 Å². The van der Waals surface area contributed by atoms with Crippen molar-refractivity contribution in [2.45, 2.75) is 34.1 Å². The molecule has 19 heavy (non-hydrogen) atoms. The SMILES string of the molecule is C/C=C1/N=C(C2=CC=C(C(C)(C)C)C=CC2)OC1=O. The fourth-order valence-corrected chi connectivity index (χ4v) is 1.92. The predicted molar refractivity (Wildman–Crippen MR) is 76.7 cm³/mol. The van der Waals surface area contributed by atoms with E-state index in [4.69, 9.17) is 4.74 Å². The number of carbonyl (C=O) groups is 1.